The van der Waals surface area contributed by atoms with Crippen LogP contribution in [0.4, 0.5) is 11.4 Å². The molecule has 0 aliphatic rings. The van der Waals surface area contributed by atoms with Gasteiger partial charge in [-0.2, -0.15) is 10.2 Å². The number of aromatic carboxylic acids is 1. The molecule has 2 heterocycles. The molecule has 0 aliphatic carbocycles. The summed E-state index contributed by atoms with van der Waals surface area (Å²) in [6, 6.07) is 53.4. The highest BCUT2D eigenvalue weighted by atomic mass is 16.6. The number of nitrogens with one attached hydrogen (secondary N) is 1. The summed E-state index contributed by atoms with van der Waals surface area (Å²) >= 11 is 0. The smallest absolute Gasteiger partial charge is 0.339 e. The number of nitro groups is 2. The van der Waals surface area contributed by atoms with Crippen LogP contribution in [0.15, 0.2) is 182 Å². The fourth-order valence-corrected chi connectivity index (χ4v) is 9.76. The number of nitro benzene ring substituents is 2. The van der Waals surface area contributed by atoms with E-state index in [1.165, 1.54) is 24.3 Å². The third-order valence-corrected chi connectivity index (χ3v) is 14.2. The zero-order valence-electron chi connectivity index (χ0n) is 51.2. The SMILES string of the molecule is C[C@H](N)c1ccc([N+](=O)[O-])cc1.Cc1nn(Cc2ccc(-c3ccccc3C(=O)OC(C)(C)C)cc2)c2ccc(C(=O)N[C@@H](C)c3ccc([N+](=O)[O-])cc3)cc12.Cc1nn(Cc2ccc(-c3ccccc3C(=O)OC(C)(C)C)cc2)c2ccc(C(=O)O)cc12. The Labute approximate surface area is 515 Å². The van der Waals surface area contributed by atoms with Crippen LogP contribution >= 0.6 is 0 Å². The molecule has 0 unspecified atom stereocenters. The fraction of sp³-hybridized carbons (Fsp3) is 0.229. The minimum Gasteiger partial charge on any atom is -0.478 e. The van der Waals surface area contributed by atoms with Crippen molar-refractivity contribution in [2.45, 2.75) is 106 Å². The van der Waals surface area contributed by atoms with Crippen LogP contribution in [0.2, 0.25) is 0 Å². The Balaban J connectivity index is 0.000000199. The largest absolute Gasteiger partial charge is 0.478 e. The summed E-state index contributed by atoms with van der Waals surface area (Å²) < 4.78 is 15.0. The highest BCUT2D eigenvalue weighted by Crippen LogP contribution is 2.30. The molecule has 2 aromatic heterocycles. The Hall–Kier alpha value is -10.7. The van der Waals surface area contributed by atoms with Gasteiger partial charge in [0.15, 0.2) is 0 Å². The van der Waals surface area contributed by atoms with Gasteiger partial charge < -0.3 is 25.6 Å². The molecule has 0 saturated carbocycles. The van der Waals surface area contributed by atoms with Gasteiger partial charge in [0.1, 0.15) is 11.2 Å². The van der Waals surface area contributed by atoms with Gasteiger partial charge in [0.2, 0.25) is 0 Å². The zero-order valence-corrected chi connectivity index (χ0v) is 51.2. The van der Waals surface area contributed by atoms with Gasteiger partial charge in [-0.05, 0) is 162 Å². The third-order valence-electron chi connectivity index (χ3n) is 14.2. The molecule has 10 rings (SSSR count). The molecule has 456 valence electrons. The summed E-state index contributed by atoms with van der Waals surface area (Å²) in [5.41, 5.74) is 16.9. The molecule has 1 amide bonds. The molecule has 89 heavy (non-hydrogen) atoms. The number of hydrogen-bond acceptors (Lipinski definition) is 13. The number of carbonyl (C=O) groups excluding carboxylic acids is 3. The summed E-state index contributed by atoms with van der Waals surface area (Å²) in [6.45, 7) is 19.6. The first kappa shape index (κ1) is 64.3. The van der Waals surface area contributed by atoms with Crippen molar-refractivity contribution in [3.05, 3.63) is 258 Å². The Morgan fingerprint density at radius 2 is 0.933 bits per heavy atom. The molecular formula is C70H70N8O11. The molecule has 0 spiro atoms. The number of rotatable bonds is 15. The van der Waals surface area contributed by atoms with Crippen molar-refractivity contribution in [1.29, 1.82) is 0 Å². The van der Waals surface area contributed by atoms with E-state index in [-0.39, 0.29) is 46.9 Å². The summed E-state index contributed by atoms with van der Waals surface area (Å²) in [6.07, 6.45) is 0. The van der Waals surface area contributed by atoms with Gasteiger partial charge in [-0.15, -0.1) is 0 Å². The number of benzene rings is 8. The molecule has 0 fully saturated rings. The van der Waals surface area contributed by atoms with Crippen LogP contribution in [0, 0.1) is 34.1 Å². The second-order valence-corrected chi connectivity index (χ2v) is 23.4. The number of nitrogens with zero attached hydrogens (tertiary/aromatic N) is 6. The van der Waals surface area contributed by atoms with E-state index < -0.39 is 27.0 Å². The second kappa shape index (κ2) is 27.4. The van der Waals surface area contributed by atoms with E-state index in [4.69, 9.17) is 20.3 Å². The van der Waals surface area contributed by atoms with Gasteiger partial charge in [-0.1, -0.05) is 109 Å². The molecule has 0 radical (unpaired) electrons. The maximum absolute atomic E-state index is 13.1. The molecule has 0 aliphatic heterocycles. The minimum atomic E-state index is -0.952. The molecule has 8 aromatic carbocycles. The molecule has 19 nitrogen and oxygen atoms in total. The summed E-state index contributed by atoms with van der Waals surface area (Å²) in [7, 11) is 0. The summed E-state index contributed by atoms with van der Waals surface area (Å²) in [4.78, 5) is 70.2. The fourth-order valence-electron chi connectivity index (χ4n) is 9.76. The molecule has 19 heteroatoms. The number of aromatic nitrogens is 4. The third kappa shape index (κ3) is 16.5. The van der Waals surface area contributed by atoms with E-state index in [1.807, 2.05) is 176 Å². The van der Waals surface area contributed by atoms with Crippen molar-refractivity contribution >= 4 is 57.0 Å². The van der Waals surface area contributed by atoms with Gasteiger partial charge >= 0.3 is 17.9 Å². The van der Waals surface area contributed by atoms with Crippen molar-refractivity contribution in [3.8, 4) is 22.3 Å². The van der Waals surface area contributed by atoms with Gasteiger partial charge in [-0.25, -0.2) is 14.4 Å². The van der Waals surface area contributed by atoms with Crippen molar-refractivity contribution in [2.75, 3.05) is 0 Å². The van der Waals surface area contributed by atoms with E-state index in [9.17, 15) is 44.5 Å². The predicted octanol–water partition coefficient (Wildman–Crippen LogP) is 14.7. The van der Waals surface area contributed by atoms with E-state index in [0.717, 1.165) is 77.7 Å². The van der Waals surface area contributed by atoms with E-state index >= 15 is 0 Å². The quantitative estimate of drug-likeness (QED) is 0.0490. The van der Waals surface area contributed by atoms with Crippen molar-refractivity contribution in [2.24, 2.45) is 5.73 Å². The highest BCUT2D eigenvalue weighted by molar-refractivity contribution is 6.00. The monoisotopic (exact) mass is 1200 g/mol. The van der Waals surface area contributed by atoms with Crippen LogP contribution in [0.25, 0.3) is 44.1 Å². The van der Waals surface area contributed by atoms with Crippen LogP contribution in [0.1, 0.15) is 143 Å². The van der Waals surface area contributed by atoms with Crippen LogP contribution < -0.4 is 11.1 Å². The lowest BCUT2D eigenvalue weighted by Crippen LogP contribution is -2.26. The highest BCUT2D eigenvalue weighted by Gasteiger charge is 2.23. The normalized spacial score (nSPS) is 11.9. The number of carbonyl (C=O) groups is 4. The lowest BCUT2D eigenvalue weighted by atomic mass is 9.98. The number of fused-ring (bicyclic) bond motifs is 2. The van der Waals surface area contributed by atoms with Crippen molar-refractivity contribution in [1.82, 2.24) is 24.9 Å². The lowest BCUT2D eigenvalue weighted by Gasteiger charge is -2.20. The number of ether oxygens (including phenoxy) is 2. The maximum Gasteiger partial charge on any atom is 0.339 e. The number of hydrogen-bond donors (Lipinski definition) is 3. The molecule has 2 atom stereocenters. The minimum absolute atomic E-state index is 0.00434. The number of nitrogens with two attached hydrogens (primary N) is 1. The molecule has 4 N–H and O–H groups in total. The number of carboxylic acid groups (broad SMARTS) is 1. The average Bonchev–Trinajstić information content (AvgIpc) is 2.31. The van der Waals surface area contributed by atoms with Gasteiger partial charge in [0, 0.05) is 46.6 Å². The molecular weight excluding hydrogens is 1130 g/mol. The Morgan fingerprint density at radius 1 is 0.551 bits per heavy atom. The number of non-ortho nitro benzene ring substituents is 2. The summed E-state index contributed by atoms with van der Waals surface area (Å²) in [5.74, 6) is -1.90. The van der Waals surface area contributed by atoms with E-state index in [2.05, 4.69) is 10.4 Å². The maximum atomic E-state index is 13.1. The zero-order chi connectivity index (χ0) is 64.5. The first-order chi connectivity index (χ1) is 42.1. The van der Waals surface area contributed by atoms with Crippen molar-refractivity contribution in [3.63, 3.8) is 0 Å². The Kier molecular flexibility index (Phi) is 19.8. The second-order valence-electron chi connectivity index (χ2n) is 23.4. The van der Waals surface area contributed by atoms with Crippen LogP contribution in [0.3, 0.4) is 0 Å². The topological polar surface area (TPSA) is 267 Å². The molecule has 0 bridgehead atoms. The van der Waals surface area contributed by atoms with Crippen LogP contribution in [-0.4, -0.2) is 69.5 Å². The van der Waals surface area contributed by atoms with Gasteiger partial charge in [0.05, 0.1) is 68.1 Å². The number of amides is 1. The van der Waals surface area contributed by atoms with Gasteiger partial charge in [-0.3, -0.25) is 34.4 Å². The first-order valence-corrected chi connectivity index (χ1v) is 28.7. The number of carboxylic acids is 1. The Morgan fingerprint density at radius 3 is 1.31 bits per heavy atom. The van der Waals surface area contributed by atoms with Gasteiger partial charge in [0.25, 0.3) is 17.3 Å². The Bertz CT molecular complexity index is 4230. The van der Waals surface area contributed by atoms with Crippen LogP contribution in [0.5, 0.6) is 0 Å². The van der Waals surface area contributed by atoms with Crippen LogP contribution in [-0.2, 0) is 22.6 Å². The molecule has 10 aromatic rings. The number of esters is 2. The standard InChI is InChI=1S/C35H34N4O5.C27H26N2O4.C8H10N2O2/c1-22(25-14-17-28(18-15-25)39(42)43)36-33(40)27-16-19-32-31(20-27)23(2)37-38(32)21-24-10-12-26(13-11-24)29-8-6-7-9-30(29)34(41)44-35(3,4)5;1-17-23-15-20(25(30)31)13-14-24(23)29(28-17)16-18-9-11-19(12-10-18)21-7-5-6-8-22(21)26(32)33-27(2,3)4;1-6(9)7-2-4-8(5-3-7)10(11)12/h6-20,22H,21H2,1-5H3,(H,36,40);5-15H,16H2,1-4H3,(H,30,31);2-6H,9H2,1H3/t22-;;6-/m0.0/s1. The average molecular weight is 1200 g/mol. The van der Waals surface area contributed by atoms with E-state index in [1.54, 1.807) is 60.7 Å². The molecule has 0 saturated heterocycles. The lowest BCUT2D eigenvalue weighted by molar-refractivity contribution is -0.385. The number of aryl methyl sites for hydroxylation is 2. The van der Waals surface area contributed by atoms with E-state index in [0.29, 0.717) is 29.8 Å². The predicted molar refractivity (Wildman–Crippen MR) is 343 cm³/mol. The first-order valence-electron chi connectivity index (χ1n) is 28.7. The summed E-state index contributed by atoms with van der Waals surface area (Å²) in [5, 5.41) is 44.5. The van der Waals surface area contributed by atoms with Crippen molar-refractivity contribution < 1.29 is 43.6 Å².